The van der Waals surface area contributed by atoms with Gasteiger partial charge >= 0.3 is 0 Å². The smallest absolute Gasteiger partial charge is 0.0311 e. The average molecular weight is 173 g/mol. The summed E-state index contributed by atoms with van der Waals surface area (Å²) in [5.74, 6) is 0. The quantitative estimate of drug-likeness (QED) is 0.617. The molecule has 0 heterocycles. The van der Waals surface area contributed by atoms with Crippen molar-refractivity contribution in [1.29, 1.82) is 0 Å². The summed E-state index contributed by atoms with van der Waals surface area (Å²) in [6.45, 7) is 9.63. The van der Waals surface area contributed by atoms with Crippen molar-refractivity contribution >= 4 is 0 Å². The molecule has 1 unspecified atom stereocenters. The first-order valence-corrected chi connectivity index (χ1v) is 4.48. The normalized spacial score (nSPS) is 15.2. The monoisotopic (exact) mass is 173 g/mol. The molecule has 0 spiro atoms. The van der Waals surface area contributed by atoms with E-state index in [1.54, 1.807) is 0 Å². The van der Waals surface area contributed by atoms with Gasteiger partial charge in [0, 0.05) is 18.1 Å². The summed E-state index contributed by atoms with van der Waals surface area (Å²) < 4.78 is 0. The molecule has 0 radical (unpaired) electrons. The molecule has 3 nitrogen and oxygen atoms in total. The molecule has 0 aromatic rings. The molecule has 0 amide bonds. The molecule has 0 saturated heterocycles. The van der Waals surface area contributed by atoms with E-state index in [0.29, 0.717) is 6.04 Å². The minimum atomic E-state index is 0.139. The Bertz CT molecular complexity index is 115. The summed E-state index contributed by atoms with van der Waals surface area (Å²) in [4.78, 5) is 2.17. The summed E-state index contributed by atoms with van der Waals surface area (Å²) in [5.41, 5.74) is 6.65. The van der Waals surface area contributed by atoms with Crippen LogP contribution in [0.3, 0.4) is 0 Å². The molecule has 0 rings (SSSR count). The van der Waals surface area contributed by atoms with E-state index >= 15 is 0 Å². The second-order valence-corrected chi connectivity index (χ2v) is 4.68. The summed E-state index contributed by atoms with van der Waals surface area (Å²) in [5, 5.41) is 0. The van der Waals surface area contributed by atoms with E-state index in [1.807, 2.05) is 0 Å². The standard InChI is InChI=1S/C9H23N3/c1-8(7-12(5)6)10-11-9(2,3)4/h8,10-11H,7H2,1-6H3. The topological polar surface area (TPSA) is 27.3 Å². The maximum atomic E-state index is 3.26. The first-order valence-electron chi connectivity index (χ1n) is 4.48. The van der Waals surface area contributed by atoms with E-state index in [4.69, 9.17) is 0 Å². The predicted molar refractivity (Wildman–Crippen MR) is 54.0 cm³/mol. The fraction of sp³-hybridized carbons (Fsp3) is 1.00. The molecule has 0 aliphatic heterocycles. The molecule has 1 atom stereocenters. The Morgan fingerprint density at radius 1 is 1.25 bits per heavy atom. The molecular formula is C9H23N3. The lowest BCUT2D eigenvalue weighted by atomic mass is 10.1. The minimum absolute atomic E-state index is 0.139. The highest BCUT2D eigenvalue weighted by Crippen LogP contribution is 1.96. The summed E-state index contributed by atoms with van der Waals surface area (Å²) >= 11 is 0. The summed E-state index contributed by atoms with van der Waals surface area (Å²) in [6, 6.07) is 0.472. The van der Waals surface area contributed by atoms with E-state index in [-0.39, 0.29) is 5.54 Å². The third kappa shape index (κ3) is 7.98. The third-order valence-electron chi connectivity index (χ3n) is 1.33. The number of hydrogen-bond acceptors (Lipinski definition) is 3. The molecule has 0 saturated carbocycles. The first kappa shape index (κ1) is 11.9. The Balaban J connectivity index is 3.51. The molecule has 3 heteroatoms. The van der Waals surface area contributed by atoms with E-state index in [9.17, 15) is 0 Å². The summed E-state index contributed by atoms with van der Waals surface area (Å²) in [6.07, 6.45) is 0. The van der Waals surface area contributed by atoms with Gasteiger partial charge in [0.1, 0.15) is 0 Å². The van der Waals surface area contributed by atoms with Crippen LogP contribution in [0.5, 0.6) is 0 Å². The third-order valence-corrected chi connectivity index (χ3v) is 1.33. The number of likely N-dealkylation sites (N-methyl/N-ethyl adjacent to an activating group) is 1. The van der Waals surface area contributed by atoms with Gasteiger partial charge in [0.05, 0.1) is 0 Å². The predicted octanol–water partition coefficient (Wildman–Crippen LogP) is 0.829. The van der Waals surface area contributed by atoms with E-state index < -0.39 is 0 Å². The molecule has 0 aliphatic carbocycles. The van der Waals surface area contributed by atoms with Gasteiger partial charge in [0.25, 0.3) is 0 Å². The van der Waals surface area contributed by atoms with Crippen LogP contribution in [0, 0.1) is 0 Å². The number of hydrogen-bond donors (Lipinski definition) is 2. The van der Waals surface area contributed by atoms with Crippen molar-refractivity contribution < 1.29 is 0 Å². The van der Waals surface area contributed by atoms with Gasteiger partial charge in [-0.1, -0.05) is 0 Å². The highest BCUT2D eigenvalue weighted by atomic mass is 15.4. The Hall–Kier alpha value is -0.120. The molecule has 0 aliphatic rings. The zero-order valence-corrected chi connectivity index (χ0v) is 9.23. The van der Waals surface area contributed by atoms with E-state index in [2.05, 4.69) is 57.5 Å². The van der Waals surface area contributed by atoms with E-state index in [0.717, 1.165) is 6.54 Å². The second kappa shape index (κ2) is 4.80. The Morgan fingerprint density at radius 3 is 2.08 bits per heavy atom. The SMILES string of the molecule is CC(CN(C)C)NNC(C)(C)C. The van der Waals surface area contributed by atoms with Crippen LogP contribution in [-0.2, 0) is 0 Å². The minimum Gasteiger partial charge on any atom is -0.308 e. The van der Waals surface area contributed by atoms with Gasteiger partial charge in [-0.15, -0.1) is 0 Å². The van der Waals surface area contributed by atoms with Crippen molar-refractivity contribution in [2.75, 3.05) is 20.6 Å². The van der Waals surface area contributed by atoms with Crippen molar-refractivity contribution in [3.63, 3.8) is 0 Å². The van der Waals surface area contributed by atoms with Crippen molar-refractivity contribution in [1.82, 2.24) is 15.8 Å². The van der Waals surface area contributed by atoms with Crippen molar-refractivity contribution in [3.05, 3.63) is 0 Å². The van der Waals surface area contributed by atoms with Gasteiger partial charge in [-0.25, -0.2) is 0 Å². The van der Waals surface area contributed by atoms with Gasteiger partial charge < -0.3 is 4.90 Å². The maximum absolute atomic E-state index is 3.26. The van der Waals surface area contributed by atoms with Crippen LogP contribution < -0.4 is 10.9 Å². The molecule has 74 valence electrons. The van der Waals surface area contributed by atoms with Gasteiger partial charge in [-0.05, 0) is 41.8 Å². The van der Waals surface area contributed by atoms with E-state index in [1.165, 1.54) is 0 Å². The van der Waals surface area contributed by atoms with Crippen LogP contribution in [0.2, 0.25) is 0 Å². The van der Waals surface area contributed by atoms with Gasteiger partial charge in [-0.3, -0.25) is 10.9 Å². The highest BCUT2D eigenvalue weighted by molar-refractivity contribution is 4.70. The van der Waals surface area contributed by atoms with Crippen LogP contribution in [0.15, 0.2) is 0 Å². The van der Waals surface area contributed by atoms with Crippen LogP contribution in [0.4, 0.5) is 0 Å². The molecule has 0 aromatic carbocycles. The Labute approximate surface area is 76.5 Å². The van der Waals surface area contributed by atoms with Gasteiger partial charge in [-0.2, -0.15) is 0 Å². The fourth-order valence-electron chi connectivity index (χ4n) is 0.933. The number of rotatable bonds is 4. The molecule has 12 heavy (non-hydrogen) atoms. The van der Waals surface area contributed by atoms with Crippen molar-refractivity contribution in [2.45, 2.75) is 39.3 Å². The highest BCUT2D eigenvalue weighted by Gasteiger charge is 2.10. The second-order valence-electron chi connectivity index (χ2n) is 4.68. The Morgan fingerprint density at radius 2 is 1.75 bits per heavy atom. The van der Waals surface area contributed by atoms with Crippen LogP contribution in [0.1, 0.15) is 27.7 Å². The Kier molecular flexibility index (Phi) is 4.75. The first-order chi connectivity index (χ1) is 5.31. The summed E-state index contributed by atoms with van der Waals surface area (Å²) in [7, 11) is 4.16. The van der Waals surface area contributed by atoms with Crippen LogP contribution in [0.25, 0.3) is 0 Å². The number of nitrogens with one attached hydrogen (secondary N) is 2. The lowest BCUT2D eigenvalue weighted by Gasteiger charge is -2.26. The van der Waals surface area contributed by atoms with Crippen LogP contribution >= 0.6 is 0 Å². The molecular weight excluding hydrogens is 150 g/mol. The fourth-order valence-corrected chi connectivity index (χ4v) is 0.933. The van der Waals surface area contributed by atoms with Gasteiger partial charge in [0.2, 0.25) is 0 Å². The van der Waals surface area contributed by atoms with Crippen molar-refractivity contribution in [3.8, 4) is 0 Å². The lowest BCUT2D eigenvalue weighted by molar-refractivity contribution is 0.279. The maximum Gasteiger partial charge on any atom is 0.0311 e. The molecule has 0 bridgehead atoms. The number of hydrazine groups is 1. The van der Waals surface area contributed by atoms with Crippen molar-refractivity contribution in [2.24, 2.45) is 0 Å². The average Bonchev–Trinajstić information content (AvgIpc) is 1.80. The van der Waals surface area contributed by atoms with Gasteiger partial charge in [0.15, 0.2) is 0 Å². The molecule has 0 fully saturated rings. The lowest BCUT2D eigenvalue weighted by Crippen LogP contribution is -2.52. The van der Waals surface area contributed by atoms with Crippen LogP contribution in [-0.4, -0.2) is 37.1 Å². The molecule has 2 N–H and O–H groups in total. The zero-order valence-electron chi connectivity index (χ0n) is 9.23. The zero-order chi connectivity index (χ0) is 9.78. The number of nitrogens with zero attached hydrogens (tertiary/aromatic N) is 1. The molecule has 0 aromatic heterocycles. The largest absolute Gasteiger partial charge is 0.308 e.